The molecule has 0 atom stereocenters. The first-order valence-corrected chi connectivity index (χ1v) is 13.4. The van der Waals surface area contributed by atoms with Crippen LogP contribution in [0.1, 0.15) is 0 Å². The summed E-state index contributed by atoms with van der Waals surface area (Å²) in [5.41, 5.74) is 0.827. The highest BCUT2D eigenvalue weighted by Gasteiger charge is 2.15. The fourth-order valence-corrected chi connectivity index (χ4v) is 4.88. The van der Waals surface area contributed by atoms with Gasteiger partial charge in [-0.15, -0.1) is 0 Å². The molecule has 0 radical (unpaired) electrons. The number of amides is 1. The number of anilines is 1. The minimum Gasteiger partial charge on any atom is -0.378 e. The molecule has 38 heavy (non-hydrogen) atoms. The number of hydrogen-bond donors (Lipinski definition) is 1. The fraction of sp³-hybridized carbons (Fsp3) is 0.433. The summed E-state index contributed by atoms with van der Waals surface area (Å²) in [5, 5.41) is 10.2. The second kappa shape index (κ2) is 13.8. The Kier molecular flexibility index (Phi) is 9.71. The summed E-state index contributed by atoms with van der Waals surface area (Å²) < 4.78 is 28.0. The van der Waals surface area contributed by atoms with Crippen molar-refractivity contribution in [1.29, 1.82) is 0 Å². The zero-order valence-electron chi connectivity index (χ0n) is 21.8. The SMILES string of the molecule is O=C(CN1CCOCCOCCOCCOCCOCC1)Nc1ccc2ccc3cccc4ccc1c2c34. The number of carbonyl (C=O) groups is 1. The predicted molar refractivity (Wildman–Crippen MR) is 149 cm³/mol. The molecule has 8 heteroatoms. The number of nitrogens with one attached hydrogen (secondary N) is 1. The molecular weight excluding hydrogens is 484 g/mol. The molecule has 1 aliphatic rings. The van der Waals surface area contributed by atoms with Crippen LogP contribution < -0.4 is 5.32 Å². The van der Waals surface area contributed by atoms with Gasteiger partial charge in [-0.1, -0.05) is 48.5 Å². The third-order valence-corrected chi connectivity index (χ3v) is 6.76. The van der Waals surface area contributed by atoms with Gasteiger partial charge in [0.25, 0.3) is 0 Å². The average molecular weight is 521 g/mol. The molecule has 1 amide bonds. The van der Waals surface area contributed by atoms with Gasteiger partial charge in [-0.25, -0.2) is 0 Å². The summed E-state index contributed by atoms with van der Waals surface area (Å²) in [4.78, 5) is 15.2. The van der Waals surface area contributed by atoms with Crippen LogP contribution in [-0.2, 0) is 28.5 Å². The molecule has 5 rings (SSSR count). The minimum absolute atomic E-state index is 0.0613. The van der Waals surface area contributed by atoms with Gasteiger partial charge in [0.15, 0.2) is 0 Å². The maximum Gasteiger partial charge on any atom is 0.238 e. The van der Waals surface area contributed by atoms with Gasteiger partial charge in [0.2, 0.25) is 5.91 Å². The molecule has 1 saturated heterocycles. The molecule has 0 aliphatic carbocycles. The van der Waals surface area contributed by atoms with Crippen LogP contribution in [-0.4, -0.2) is 96.5 Å². The summed E-state index contributed by atoms with van der Waals surface area (Å²) in [5.74, 6) is -0.0613. The van der Waals surface area contributed by atoms with Gasteiger partial charge < -0.3 is 29.0 Å². The Morgan fingerprint density at radius 3 is 1.66 bits per heavy atom. The Hall–Kier alpha value is -2.85. The number of carbonyl (C=O) groups excluding carboxylic acids is 1. The molecule has 1 aliphatic heterocycles. The van der Waals surface area contributed by atoms with Crippen LogP contribution in [0.5, 0.6) is 0 Å². The molecule has 0 bridgehead atoms. The monoisotopic (exact) mass is 520 g/mol. The van der Waals surface area contributed by atoms with Crippen LogP contribution in [0.3, 0.4) is 0 Å². The zero-order valence-corrected chi connectivity index (χ0v) is 21.8. The van der Waals surface area contributed by atoms with Crippen molar-refractivity contribution in [2.75, 3.05) is 91.0 Å². The Morgan fingerprint density at radius 1 is 0.605 bits per heavy atom. The molecule has 1 fully saturated rings. The van der Waals surface area contributed by atoms with Crippen LogP contribution >= 0.6 is 0 Å². The van der Waals surface area contributed by atoms with E-state index in [-0.39, 0.29) is 12.5 Å². The standard InChI is InChI=1S/C30H36N2O6/c33-28(22-32-10-12-34-14-16-36-18-20-38-21-19-37-17-15-35-13-11-32)31-27-9-7-25-5-4-23-2-1-3-24-6-8-26(27)30(25)29(23)24/h1-9H,10-22H2,(H,31,33). The summed E-state index contributed by atoms with van der Waals surface area (Å²) in [6, 6.07) is 19.0. The van der Waals surface area contributed by atoms with Crippen molar-refractivity contribution in [3.8, 4) is 0 Å². The quantitative estimate of drug-likeness (QED) is 0.410. The van der Waals surface area contributed by atoms with Crippen molar-refractivity contribution in [3.05, 3.63) is 54.6 Å². The largest absolute Gasteiger partial charge is 0.378 e. The third kappa shape index (κ3) is 6.96. The summed E-state index contributed by atoms with van der Waals surface area (Å²) in [7, 11) is 0. The topological polar surface area (TPSA) is 78.5 Å². The third-order valence-electron chi connectivity index (χ3n) is 6.76. The van der Waals surface area contributed by atoms with E-state index < -0.39 is 0 Å². The number of ether oxygens (including phenoxy) is 5. The van der Waals surface area contributed by atoms with Crippen molar-refractivity contribution >= 4 is 43.9 Å². The van der Waals surface area contributed by atoms with Gasteiger partial charge >= 0.3 is 0 Å². The van der Waals surface area contributed by atoms with Gasteiger partial charge in [0, 0.05) is 24.2 Å². The zero-order chi connectivity index (χ0) is 26.0. The molecule has 8 nitrogen and oxygen atoms in total. The Balaban J connectivity index is 1.23. The lowest BCUT2D eigenvalue weighted by Gasteiger charge is -2.22. The maximum atomic E-state index is 13.2. The molecule has 0 spiro atoms. The van der Waals surface area contributed by atoms with E-state index in [2.05, 4.69) is 58.7 Å². The van der Waals surface area contributed by atoms with E-state index in [0.29, 0.717) is 79.2 Å². The van der Waals surface area contributed by atoms with Crippen molar-refractivity contribution < 1.29 is 28.5 Å². The van der Waals surface area contributed by atoms with Gasteiger partial charge in [-0.05, 0) is 33.0 Å². The lowest BCUT2D eigenvalue weighted by molar-refractivity contribution is -0.117. The van der Waals surface area contributed by atoms with Crippen molar-refractivity contribution in [1.82, 2.24) is 4.90 Å². The first-order valence-electron chi connectivity index (χ1n) is 13.4. The first-order chi connectivity index (χ1) is 18.8. The second-order valence-electron chi connectivity index (χ2n) is 9.36. The lowest BCUT2D eigenvalue weighted by atomic mass is 9.93. The number of nitrogens with zero attached hydrogens (tertiary/aromatic N) is 1. The van der Waals surface area contributed by atoms with Gasteiger partial charge in [-0.2, -0.15) is 0 Å². The highest BCUT2D eigenvalue weighted by Crippen LogP contribution is 2.37. The van der Waals surface area contributed by atoms with E-state index in [9.17, 15) is 4.79 Å². The molecule has 0 saturated carbocycles. The molecule has 4 aromatic carbocycles. The molecule has 0 unspecified atom stereocenters. The highest BCUT2D eigenvalue weighted by atomic mass is 16.6. The molecule has 0 aromatic heterocycles. The number of hydrogen-bond acceptors (Lipinski definition) is 7. The number of benzene rings is 4. The first kappa shape index (κ1) is 26.7. The Bertz CT molecular complexity index is 1280. The van der Waals surface area contributed by atoms with E-state index in [0.717, 1.165) is 11.1 Å². The molecule has 1 N–H and O–H groups in total. The van der Waals surface area contributed by atoms with Crippen molar-refractivity contribution in [2.45, 2.75) is 0 Å². The van der Waals surface area contributed by atoms with E-state index in [1.807, 2.05) is 6.07 Å². The van der Waals surface area contributed by atoms with E-state index in [1.165, 1.54) is 26.9 Å². The van der Waals surface area contributed by atoms with Crippen LogP contribution in [0.25, 0.3) is 32.3 Å². The van der Waals surface area contributed by atoms with E-state index >= 15 is 0 Å². The Labute approximate surface area is 223 Å². The summed E-state index contributed by atoms with van der Waals surface area (Å²) >= 11 is 0. The van der Waals surface area contributed by atoms with Crippen molar-refractivity contribution in [2.24, 2.45) is 0 Å². The molecule has 1 heterocycles. The van der Waals surface area contributed by atoms with Crippen LogP contribution in [0.2, 0.25) is 0 Å². The fourth-order valence-electron chi connectivity index (χ4n) is 4.88. The lowest BCUT2D eigenvalue weighted by Crippen LogP contribution is -2.38. The van der Waals surface area contributed by atoms with Crippen LogP contribution in [0.4, 0.5) is 5.69 Å². The van der Waals surface area contributed by atoms with Crippen LogP contribution in [0, 0.1) is 0 Å². The summed E-state index contributed by atoms with van der Waals surface area (Å²) in [6.07, 6.45) is 0. The smallest absolute Gasteiger partial charge is 0.238 e. The van der Waals surface area contributed by atoms with E-state index in [4.69, 9.17) is 23.7 Å². The summed E-state index contributed by atoms with van der Waals surface area (Å²) in [6.45, 7) is 6.67. The second-order valence-corrected chi connectivity index (χ2v) is 9.36. The maximum absolute atomic E-state index is 13.2. The number of rotatable bonds is 3. The molecule has 202 valence electrons. The molecule has 4 aromatic rings. The van der Waals surface area contributed by atoms with Gasteiger partial charge in [0.1, 0.15) is 0 Å². The van der Waals surface area contributed by atoms with Crippen molar-refractivity contribution in [3.63, 3.8) is 0 Å². The van der Waals surface area contributed by atoms with Gasteiger partial charge in [-0.3, -0.25) is 9.69 Å². The predicted octanol–water partition coefficient (Wildman–Crippen LogP) is 3.92. The molecular formula is C30H36N2O6. The average Bonchev–Trinajstić information content (AvgIpc) is 2.93. The van der Waals surface area contributed by atoms with E-state index in [1.54, 1.807) is 0 Å². The Morgan fingerprint density at radius 2 is 1.08 bits per heavy atom. The van der Waals surface area contributed by atoms with Gasteiger partial charge in [0.05, 0.1) is 72.6 Å². The highest BCUT2D eigenvalue weighted by molar-refractivity contribution is 6.25. The van der Waals surface area contributed by atoms with Crippen LogP contribution in [0.15, 0.2) is 54.6 Å². The normalized spacial score (nSPS) is 18.4. The minimum atomic E-state index is -0.0613.